The number of hydrogen-bond acceptors (Lipinski definition) is 3. The highest BCUT2D eigenvalue weighted by molar-refractivity contribution is 7.90. The summed E-state index contributed by atoms with van der Waals surface area (Å²) >= 11 is 5.10. The molecule has 0 atom stereocenters. The molecular formula is C15H16ClN3O2S2. The third-order valence-electron chi connectivity index (χ3n) is 2.94. The van der Waals surface area contributed by atoms with Gasteiger partial charge in [-0.25, -0.2) is 13.4 Å². The molecule has 0 saturated carbocycles. The van der Waals surface area contributed by atoms with Crippen molar-refractivity contribution in [2.45, 2.75) is 4.90 Å². The Hall–Kier alpha value is -1.96. The summed E-state index contributed by atoms with van der Waals surface area (Å²) in [5.41, 5.74) is 12.5. The molecule has 0 unspecified atom stereocenters. The first-order chi connectivity index (χ1) is 10.3. The fourth-order valence-electron chi connectivity index (χ4n) is 2.00. The monoisotopic (exact) mass is 369 g/mol. The molecule has 0 radical (unpaired) electrons. The van der Waals surface area contributed by atoms with Crippen LogP contribution in [0.5, 0.6) is 0 Å². The number of sulfone groups is 1. The number of nitrogens with two attached hydrogens (primary N) is 2. The topological polar surface area (TPSA) is 98.5 Å². The average Bonchev–Trinajstić information content (AvgIpc) is 2.46. The number of halogens is 1. The van der Waals surface area contributed by atoms with Crippen molar-refractivity contribution in [1.29, 1.82) is 0 Å². The zero-order valence-corrected chi connectivity index (χ0v) is 14.7. The Balaban J connectivity index is 0.00000264. The number of thiocarbonyl (C=S) groups is 1. The first-order valence-electron chi connectivity index (χ1n) is 6.32. The van der Waals surface area contributed by atoms with Crippen LogP contribution < -0.4 is 11.5 Å². The molecule has 5 nitrogen and oxygen atoms in total. The largest absolute Gasteiger partial charge is 0.370 e. The zero-order valence-electron chi connectivity index (χ0n) is 12.3. The molecule has 4 N–H and O–H groups in total. The lowest BCUT2D eigenvalue weighted by Crippen LogP contribution is -2.24. The minimum absolute atomic E-state index is 0. The standard InChI is InChI=1S/C15H15N3O2S2.ClH/c1-22(19,20)13-9-11(14(21)18-15(16)17)7-8-12(13)10-5-3-2-4-6-10;/h2-9H,1H3,(H4,16,17,18,21);1H. The lowest BCUT2D eigenvalue weighted by Gasteiger charge is -2.10. The molecule has 0 saturated heterocycles. The molecule has 23 heavy (non-hydrogen) atoms. The van der Waals surface area contributed by atoms with Crippen LogP contribution in [0.3, 0.4) is 0 Å². The molecule has 0 heterocycles. The third-order valence-corrected chi connectivity index (χ3v) is 4.41. The van der Waals surface area contributed by atoms with Crippen LogP contribution in [0.4, 0.5) is 0 Å². The number of guanidine groups is 1. The molecule has 2 aromatic carbocycles. The third kappa shape index (κ3) is 4.75. The molecule has 0 aliphatic rings. The maximum absolute atomic E-state index is 12.1. The van der Waals surface area contributed by atoms with Gasteiger partial charge >= 0.3 is 0 Å². The Morgan fingerprint density at radius 1 is 1.09 bits per heavy atom. The highest BCUT2D eigenvalue weighted by atomic mass is 35.5. The van der Waals surface area contributed by atoms with Crippen molar-refractivity contribution in [2.24, 2.45) is 16.5 Å². The van der Waals surface area contributed by atoms with Crippen LogP contribution >= 0.6 is 24.6 Å². The summed E-state index contributed by atoms with van der Waals surface area (Å²) in [5.74, 6) is -0.168. The number of benzene rings is 2. The van der Waals surface area contributed by atoms with Crippen molar-refractivity contribution in [2.75, 3.05) is 6.26 Å². The number of hydrogen-bond donors (Lipinski definition) is 2. The van der Waals surface area contributed by atoms with Gasteiger partial charge in [-0.3, -0.25) is 0 Å². The second-order valence-corrected chi connectivity index (χ2v) is 7.06. The normalized spacial score (nSPS) is 10.5. The van der Waals surface area contributed by atoms with E-state index in [1.54, 1.807) is 12.1 Å². The number of nitrogens with zero attached hydrogens (tertiary/aromatic N) is 1. The van der Waals surface area contributed by atoms with Gasteiger partial charge in [0.2, 0.25) is 0 Å². The van der Waals surface area contributed by atoms with Crippen LogP contribution in [-0.2, 0) is 9.84 Å². The fraction of sp³-hybridized carbons (Fsp3) is 0.0667. The molecule has 0 aromatic heterocycles. The van der Waals surface area contributed by atoms with Crippen LogP contribution in [-0.4, -0.2) is 25.6 Å². The van der Waals surface area contributed by atoms with Gasteiger partial charge in [-0.15, -0.1) is 12.4 Å². The highest BCUT2D eigenvalue weighted by Crippen LogP contribution is 2.28. The van der Waals surface area contributed by atoms with Crippen LogP contribution in [0, 0.1) is 0 Å². The second-order valence-electron chi connectivity index (χ2n) is 4.69. The van der Waals surface area contributed by atoms with Crippen LogP contribution in [0.1, 0.15) is 5.56 Å². The molecule has 0 aliphatic heterocycles. The van der Waals surface area contributed by atoms with E-state index in [0.29, 0.717) is 11.1 Å². The van der Waals surface area contributed by atoms with E-state index < -0.39 is 9.84 Å². The summed E-state index contributed by atoms with van der Waals surface area (Å²) in [4.78, 5) is 4.11. The first-order valence-corrected chi connectivity index (χ1v) is 8.62. The van der Waals surface area contributed by atoms with Gasteiger partial charge in [0.15, 0.2) is 15.8 Å². The first kappa shape index (κ1) is 19.1. The van der Waals surface area contributed by atoms with Gasteiger partial charge in [-0.2, -0.15) is 0 Å². The molecule has 0 spiro atoms. The predicted octanol–water partition coefficient (Wildman–Crippen LogP) is 2.13. The van der Waals surface area contributed by atoms with Crippen molar-refractivity contribution >= 4 is 45.4 Å². The van der Waals surface area contributed by atoms with Gasteiger partial charge in [0, 0.05) is 17.4 Å². The van der Waals surface area contributed by atoms with Gasteiger partial charge in [0.25, 0.3) is 0 Å². The zero-order chi connectivity index (χ0) is 16.3. The van der Waals surface area contributed by atoms with Crippen molar-refractivity contribution in [3.8, 4) is 11.1 Å². The van der Waals surface area contributed by atoms with E-state index in [4.69, 9.17) is 23.7 Å². The summed E-state index contributed by atoms with van der Waals surface area (Å²) in [5, 5.41) is 0. The molecule has 0 fully saturated rings. The van der Waals surface area contributed by atoms with Gasteiger partial charge in [-0.05, 0) is 11.6 Å². The molecular weight excluding hydrogens is 354 g/mol. The van der Waals surface area contributed by atoms with E-state index >= 15 is 0 Å². The molecule has 0 aliphatic carbocycles. The van der Waals surface area contributed by atoms with Gasteiger partial charge in [0.1, 0.15) is 4.99 Å². The molecule has 122 valence electrons. The van der Waals surface area contributed by atoms with E-state index in [0.717, 1.165) is 11.8 Å². The average molecular weight is 370 g/mol. The van der Waals surface area contributed by atoms with Gasteiger partial charge in [-0.1, -0.05) is 54.7 Å². The Kier molecular flexibility index (Phi) is 6.26. The Morgan fingerprint density at radius 2 is 1.70 bits per heavy atom. The van der Waals surface area contributed by atoms with Crippen LogP contribution in [0.2, 0.25) is 0 Å². The smallest absolute Gasteiger partial charge is 0.192 e. The lowest BCUT2D eigenvalue weighted by atomic mass is 10.0. The Labute approximate surface area is 146 Å². The van der Waals surface area contributed by atoms with Crippen LogP contribution in [0.15, 0.2) is 58.4 Å². The quantitative estimate of drug-likeness (QED) is 0.490. The summed E-state index contributed by atoms with van der Waals surface area (Å²) in [6, 6.07) is 14.1. The molecule has 0 amide bonds. The highest BCUT2D eigenvalue weighted by Gasteiger charge is 2.16. The van der Waals surface area contributed by atoms with E-state index in [-0.39, 0.29) is 28.3 Å². The second kappa shape index (κ2) is 7.54. The van der Waals surface area contributed by atoms with E-state index in [1.165, 1.54) is 6.07 Å². The van der Waals surface area contributed by atoms with E-state index in [2.05, 4.69) is 4.99 Å². The maximum Gasteiger partial charge on any atom is 0.192 e. The van der Waals surface area contributed by atoms with Crippen molar-refractivity contribution in [1.82, 2.24) is 0 Å². The summed E-state index contributed by atoms with van der Waals surface area (Å²) < 4.78 is 24.2. The molecule has 2 rings (SSSR count). The van der Waals surface area contributed by atoms with Gasteiger partial charge in [0.05, 0.1) is 4.90 Å². The maximum atomic E-state index is 12.1. The molecule has 2 aromatic rings. The fourth-order valence-corrected chi connectivity index (χ4v) is 3.16. The molecule has 8 heteroatoms. The minimum Gasteiger partial charge on any atom is -0.370 e. The Bertz CT molecular complexity index is 846. The summed E-state index contributed by atoms with van der Waals surface area (Å²) in [6.07, 6.45) is 1.15. The van der Waals surface area contributed by atoms with Crippen molar-refractivity contribution in [3.05, 3.63) is 54.1 Å². The van der Waals surface area contributed by atoms with E-state index in [9.17, 15) is 8.42 Å². The Morgan fingerprint density at radius 3 is 2.22 bits per heavy atom. The lowest BCUT2D eigenvalue weighted by molar-refractivity contribution is 0.602. The minimum atomic E-state index is -3.44. The van der Waals surface area contributed by atoms with Gasteiger partial charge < -0.3 is 11.5 Å². The SMILES string of the molecule is CS(=O)(=O)c1cc(C(=S)N=C(N)N)ccc1-c1ccccc1.Cl. The summed E-state index contributed by atoms with van der Waals surface area (Å²) in [6.45, 7) is 0. The van der Waals surface area contributed by atoms with Crippen molar-refractivity contribution in [3.63, 3.8) is 0 Å². The predicted molar refractivity (Wildman–Crippen MR) is 99.7 cm³/mol. The molecule has 0 bridgehead atoms. The van der Waals surface area contributed by atoms with Crippen molar-refractivity contribution < 1.29 is 8.42 Å². The number of rotatable bonds is 3. The van der Waals surface area contributed by atoms with E-state index in [1.807, 2.05) is 30.3 Å². The summed E-state index contributed by atoms with van der Waals surface area (Å²) in [7, 11) is -3.44. The van der Waals surface area contributed by atoms with Crippen LogP contribution in [0.25, 0.3) is 11.1 Å². The number of aliphatic imine (C=N–C) groups is 1.